The summed E-state index contributed by atoms with van der Waals surface area (Å²) in [6.07, 6.45) is 1.73. The average molecular weight is 537 g/mol. The third-order valence-corrected chi connectivity index (χ3v) is 6.38. The van der Waals surface area contributed by atoms with Gasteiger partial charge in [0.1, 0.15) is 6.61 Å². The molecule has 0 aliphatic carbocycles. The van der Waals surface area contributed by atoms with Gasteiger partial charge < -0.3 is 14.7 Å². The Balaban J connectivity index is 1.88. The van der Waals surface area contributed by atoms with Crippen LogP contribution in [0.1, 0.15) is 51.2 Å². The summed E-state index contributed by atoms with van der Waals surface area (Å²) in [6.45, 7) is 6.76. The number of aliphatic carboxylic acids is 1. The monoisotopic (exact) mass is 537 g/mol. The number of hydrogen-bond donors (Lipinski definition) is 1. The Morgan fingerprint density at radius 1 is 1.00 bits per heavy atom. The molecule has 2 aromatic carbocycles. The normalized spacial score (nSPS) is 13.3. The van der Waals surface area contributed by atoms with E-state index in [0.29, 0.717) is 13.0 Å². The summed E-state index contributed by atoms with van der Waals surface area (Å²) < 4.78 is 6.48. The van der Waals surface area contributed by atoms with E-state index in [1.165, 1.54) is 0 Å². The highest BCUT2D eigenvalue weighted by Crippen LogP contribution is 2.33. The van der Waals surface area contributed by atoms with Crippen LogP contribution >= 0.6 is 22.6 Å². The molecule has 0 radical (unpaired) electrons. The molecule has 168 valence electrons. The van der Waals surface area contributed by atoms with Crippen molar-refractivity contribution in [3.05, 3.63) is 69.3 Å². The van der Waals surface area contributed by atoms with Crippen molar-refractivity contribution < 1.29 is 19.4 Å². The van der Waals surface area contributed by atoms with Crippen LogP contribution in [0.5, 0.6) is 0 Å². The van der Waals surface area contributed by atoms with Crippen LogP contribution in [-0.4, -0.2) is 35.7 Å². The molecule has 2 aromatic rings. The van der Waals surface area contributed by atoms with Crippen LogP contribution in [0, 0.1) is 8.99 Å². The Hall–Kier alpha value is -2.09. The maximum atomic E-state index is 12.4. The Morgan fingerprint density at radius 2 is 1.61 bits per heavy atom. The van der Waals surface area contributed by atoms with Crippen LogP contribution in [-0.2, 0) is 21.6 Å². The largest absolute Gasteiger partial charge is 0.481 e. The number of amides is 1. The number of ether oxygens (including phenoxy) is 1. The third kappa shape index (κ3) is 7.52. The predicted octanol–water partition coefficient (Wildman–Crippen LogP) is 6.10. The van der Waals surface area contributed by atoms with E-state index in [4.69, 9.17) is 4.74 Å². The van der Waals surface area contributed by atoms with Gasteiger partial charge in [0.25, 0.3) is 0 Å². The molecule has 0 spiro atoms. The SMILES string of the molecule is CN(CC(C)(C)CCCC(C)(C(=O)O)c1ccc(I)cc1)C(=O)OCc1ccccc1. The van der Waals surface area contributed by atoms with Crippen molar-refractivity contribution in [2.45, 2.75) is 52.1 Å². The molecule has 0 aliphatic heterocycles. The Morgan fingerprint density at radius 3 is 2.19 bits per heavy atom. The molecule has 1 N–H and O–H groups in total. The van der Waals surface area contributed by atoms with Crippen molar-refractivity contribution in [3.8, 4) is 0 Å². The quantitative estimate of drug-likeness (QED) is 0.372. The maximum Gasteiger partial charge on any atom is 0.409 e. The fraction of sp³-hybridized carbons (Fsp3) is 0.440. The van der Waals surface area contributed by atoms with Gasteiger partial charge in [0.2, 0.25) is 0 Å². The molecule has 0 aromatic heterocycles. The Labute approximate surface area is 198 Å². The topological polar surface area (TPSA) is 66.8 Å². The van der Waals surface area contributed by atoms with Crippen LogP contribution in [0.25, 0.3) is 0 Å². The summed E-state index contributed by atoms with van der Waals surface area (Å²) in [5.74, 6) is -0.812. The number of benzene rings is 2. The second-order valence-electron chi connectivity index (χ2n) is 9.06. The molecular formula is C25H32INO4. The van der Waals surface area contributed by atoms with E-state index in [9.17, 15) is 14.7 Å². The molecule has 0 saturated carbocycles. The smallest absolute Gasteiger partial charge is 0.409 e. The predicted molar refractivity (Wildman–Crippen MR) is 131 cm³/mol. The third-order valence-electron chi connectivity index (χ3n) is 5.67. The van der Waals surface area contributed by atoms with Crippen LogP contribution in [0.2, 0.25) is 0 Å². The fourth-order valence-electron chi connectivity index (χ4n) is 3.73. The van der Waals surface area contributed by atoms with Gasteiger partial charge in [-0.3, -0.25) is 4.79 Å². The lowest BCUT2D eigenvalue weighted by Crippen LogP contribution is -2.37. The highest BCUT2D eigenvalue weighted by atomic mass is 127. The van der Waals surface area contributed by atoms with Crippen LogP contribution in [0.3, 0.4) is 0 Å². The first-order valence-electron chi connectivity index (χ1n) is 10.4. The number of carbonyl (C=O) groups excluding carboxylic acids is 1. The van der Waals surface area contributed by atoms with Crippen molar-refractivity contribution >= 4 is 34.7 Å². The van der Waals surface area contributed by atoms with E-state index in [0.717, 1.165) is 27.5 Å². The highest BCUT2D eigenvalue weighted by molar-refractivity contribution is 14.1. The van der Waals surface area contributed by atoms with Gasteiger partial charge in [-0.2, -0.15) is 0 Å². The zero-order valence-electron chi connectivity index (χ0n) is 18.7. The number of hydrogen-bond acceptors (Lipinski definition) is 3. The minimum Gasteiger partial charge on any atom is -0.481 e. The second kappa shape index (κ2) is 11.0. The standard InChI is InChI=1S/C25H32INO4/c1-24(2,18-27(4)23(30)31-17-19-9-6-5-7-10-19)15-8-16-25(3,22(28)29)20-11-13-21(26)14-12-20/h5-7,9-14H,8,15-18H2,1-4H3,(H,28,29). The van der Waals surface area contributed by atoms with Gasteiger partial charge in [0, 0.05) is 17.2 Å². The summed E-state index contributed by atoms with van der Waals surface area (Å²) in [4.78, 5) is 26.0. The molecule has 1 unspecified atom stereocenters. The number of nitrogens with zero attached hydrogens (tertiary/aromatic N) is 1. The molecule has 31 heavy (non-hydrogen) atoms. The molecule has 2 rings (SSSR count). The van der Waals surface area contributed by atoms with Gasteiger partial charge in [-0.25, -0.2) is 4.79 Å². The molecule has 0 heterocycles. The van der Waals surface area contributed by atoms with Crippen molar-refractivity contribution in [2.24, 2.45) is 5.41 Å². The second-order valence-corrected chi connectivity index (χ2v) is 10.3. The van der Waals surface area contributed by atoms with Crippen molar-refractivity contribution in [1.82, 2.24) is 4.90 Å². The molecule has 0 saturated heterocycles. The minimum absolute atomic E-state index is 0.161. The molecule has 0 fully saturated rings. The lowest BCUT2D eigenvalue weighted by molar-refractivity contribution is -0.143. The van der Waals surface area contributed by atoms with E-state index >= 15 is 0 Å². The van der Waals surface area contributed by atoms with E-state index < -0.39 is 11.4 Å². The first kappa shape index (κ1) is 25.2. The summed E-state index contributed by atoms with van der Waals surface area (Å²) in [7, 11) is 1.74. The van der Waals surface area contributed by atoms with E-state index in [1.807, 2.05) is 54.6 Å². The molecule has 1 amide bonds. The lowest BCUT2D eigenvalue weighted by Gasteiger charge is -2.32. The van der Waals surface area contributed by atoms with Crippen molar-refractivity contribution in [3.63, 3.8) is 0 Å². The fourth-order valence-corrected chi connectivity index (χ4v) is 4.09. The molecule has 1 atom stereocenters. The Kier molecular flexibility index (Phi) is 8.91. The number of carboxylic acids is 1. The highest BCUT2D eigenvalue weighted by Gasteiger charge is 2.35. The van der Waals surface area contributed by atoms with E-state index in [1.54, 1.807) is 18.9 Å². The average Bonchev–Trinajstić information content (AvgIpc) is 2.72. The maximum absolute atomic E-state index is 12.4. The lowest BCUT2D eigenvalue weighted by atomic mass is 9.76. The van der Waals surface area contributed by atoms with Crippen molar-refractivity contribution in [1.29, 1.82) is 0 Å². The summed E-state index contributed by atoms with van der Waals surface area (Å²) in [5, 5.41) is 9.88. The van der Waals surface area contributed by atoms with Gasteiger partial charge in [-0.05, 0) is 71.0 Å². The van der Waals surface area contributed by atoms with E-state index in [2.05, 4.69) is 36.4 Å². The summed E-state index contributed by atoms with van der Waals surface area (Å²) >= 11 is 2.22. The molecule has 6 heteroatoms. The van der Waals surface area contributed by atoms with Gasteiger partial charge in [0.15, 0.2) is 0 Å². The summed E-state index contributed by atoms with van der Waals surface area (Å²) in [6, 6.07) is 17.3. The van der Waals surface area contributed by atoms with Crippen LogP contribution in [0.4, 0.5) is 4.79 Å². The van der Waals surface area contributed by atoms with Gasteiger partial charge >= 0.3 is 12.1 Å². The van der Waals surface area contributed by atoms with Crippen molar-refractivity contribution in [2.75, 3.05) is 13.6 Å². The molecule has 0 aliphatic rings. The first-order chi connectivity index (χ1) is 14.5. The molecular weight excluding hydrogens is 505 g/mol. The van der Waals surface area contributed by atoms with Gasteiger partial charge in [0.05, 0.1) is 5.41 Å². The number of halogens is 1. The zero-order valence-corrected chi connectivity index (χ0v) is 20.9. The number of carboxylic acid groups (broad SMARTS) is 1. The number of rotatable bonds is 10. The van der Waals surface area contributed by atoms with E-state index in [-0.39, 0.29) is 18.1 Å². The summed E-state index contributed by atoms with van der Waals surface area (Å²) in [5.41, 5.74) is 0.680. The van der Waals surface area contributed by atoms with Gasteiger partial charge in [-0.15, -0.1) is 0 Å². The Bertz CT molecular complexity index is 867. The number of carbonyl (C=O) groups is 2. The molecule has 5 nitrogen and oxygen atoms in total. The zero-order chi connectivity index (χ0) is 23.1. The van der Waals surface area contributed by atoms with Crippen LogP contribution in [0.15, 0.2) is 54.6 Å². The van der Waals surface area contributed by atoms with Crippen LogP contribution < -0.4 is 0 Å². The first-order valence-corrected chi connectivity index (χ1v) is 11.5. The minimum atomic E-state index is -0.930. The van der Waals surface area contributed by atoms with Gasteiger partial charge in [-0.1, -0.05) is 62.7 Å². The molecule has 0 bridgehead atoms.